The topological polar surface area (TPSA) is 565 Å². The summed E-state index contributed by atoms with van der Waals surface area (Å²) in [6, 6.07) is 0. The highest BCUT2D eigenvalue weighted by Crippen LogP contribution is 2.38. The van der Waals surface area contributed by atoms with Crippen LogP contribution in [0.15, 0.2) is 0 Å². The molecule has 0 spiro atoms. The van der Waals surface area contributed by atoms with E-state index >= 15 is 0 Å². The zero-order valence-electron chi connectivity index (χ0n) is 42.9. The monoisotopic (exact) mass is 1180 g/mol. The SMILES string of the molecule is CC(C)C1OC(CO)C(O)C(OC2OC(CO)C(O)C(OC3OC(CO)C(O)C(OC4OC(COC5OC(CO)C(O)C(O)C5O)C(O)C(OC5OC(CO)C(O)C(OC6OC(CO)C(O)C(O)C6O)C5O)C4O)C3O)C2O)C1O. The second-order valence-corrected chi connectivity index (χ2v) is 20.9. The average molecular weight is 1180 g/mol. The van der Waals surface area contributed by atoms with Crippen molar-refractivity contribution in [2.24, 2.45) is 5.92 Å². The van der Waals surface area contributed by atoms with E-state index < -0.39 is 267 Å². The highest BCUT2D eigenvalue weighted by molar-refractivity contribution is 5.01. The first-order chi connectivity index (χ1) is 37.9. The molecule has 35 atom stereocenters. The van der Waals surface area contributed by atoms with Gasteiger partial charge in [0, 0.05) is 0 Å². The van der Waals surface area contributed by atoms with E-state index in [1.54, 1.807) is 13.8 Å². The second-order valence-electron chi connectivity index (χ2n) is 20.9. The molecule has 7 rings (SSSR count). The minimum absolute atomic E-state index is 0.413. The Kier molecular flexibility index (Phi) is 23.5. The van der Waals surface area contributed by atoms with Crippen molar-refractivity contribution in [3.05, 3.63) is 0 Å². The third-order valence-corrected chi connectivity index (χ3v) is 15.2. The lowest BCUT2D eigenvalue weighted by atomic mass is 9.89. The fourth-order valence-electron chi connectivity index (χ4n) is 10.5. The van der Waals surface area contributed by atoms with Crippen LogP contribution in [0, 0.1) is 5.92 Å². The van der Waals surface area contributed by atoms with Gasteiger partial charge in [-0.3, -0.25) is 0 Å². The van der Waals surface area contributed by atoms with Crippen LogP contribution < -0.4 is 0 Å². The smallest absolute Gasteiger partial charge is 0.187 e. The van der Waals surface area contributed by atoms with Crippen molar-refractivity contribution in [3.8, 4) is 0 Å². The van der Waals surface area contributed by atoms with Crippen molar-refractivity contribution in [2.75, 3.05) is 46.2 Å². The van der Waals surface area contributed by atoms with E-state index in [9.17, 15) is 112 Å². The van der Waals surface area contributed by atoms with Gasteiger partial charge in [0.15, 0.2) is 37.7 Å². The van der Waals surface area contributed by atoms with E-state index in [0.717, 1.165) is 0 Å². The van der Waals surface area contributed by atoms with Crippen LogP contribution in [0.5, 0.6) is 0 Å². The maximum atomic E-state index is 12.0. The van der Waals surface area contributed by atoms with Gasteiger partial charge in [0.2, 0.25) is 0 Å². The fourth-order valence-corrected chi connectivity index (χ4v) is 10.5. The number of hydrogen-bond acceptors (Lipinski definition) is 35. The van der Waals surface area contributed by atoms with E-state index in [1.807, 2.05) is 0 Å². The molecular weight excluding hydrogens is 1100 g/mol. The molecule has 0 aromatic rings. The van der Waals surface area contributed by atoms with Gasteiger partial charge >= 0.3 is 0 Å². The summed E-state index contributed by atoms with van der Waals surface area (Å²) in [7, 11) is 0. The molecule has 35 unspecified atom stereocenters. The molecule has 7 saturated heterocycles. The van der Waals surface area contributed by atoms with Crippen molar-refractivity contribution in [2.45, 2.75) is 229 Å². The van der Waals surface area contributed by atoms with Crippen LogP contribution in [0.1, 0.15) is 13.8 Å². The molecule has 0 aliphatic carbocycles. The second kappa shape index (κ2) is 28.4. The molecule has 0 aromatic carbocycles. The minimum atomic E-state index is -2.39. The van der Waals surface area contributed by atoms with Crippen LogP contribution in [0.2, 0.25) is 0 Å². The van der Waals surface area contributed by atoms with Gasteiger partial charge in [0.25, 0.3) is 0 Å². The van der Waals surface area contributed by atoms with Crippen molar-refractivity contribution < 1.29 is 174 Å². The van der Waals surface area contributed by atoms with Gasteiger partial charge in [-0.1, -0.05) is 13.8 Å². The molecule has 7 aliphatic heterocycles. The van der Waals surface area contributed by atoms with Gasteiger partial charge in [-0.05, 0) is 5.92 Å². The van der Waals surface area contributed by atoms with Crippen LogP contribution in [0.3, 0.4) is 0 Å². The van der Waals surface area contributed by atoms with Crippen molar-refractivity contribution in [1.29, 1.82) is 0 Å². The van der Waals surface area contributed by atoms with Gasteiger partial charge < -0.3 is 174 Å². The largest absolute Gasteiger partial charge is 0.394 e. The third kappa shape index (κ3) is 13.6. The van der Waals surface area contributed by atoms with Crippen LogP contribution >= 0.6 is 0 Å². The predicted molar refractivity (Wildman–Crippen MR) is 244 cm³/mol. The molecule has 22 N–H and O–H groups in total. The molecule has 35 heteroatoms. The molecule has 468 valence electrons. The summed E-state index contributed by atoms with van der Waals surface area (Å²) in [5.74, 6) is -0.413. The molecule has 7 fully saturated rings. The van der Waals surface area contributed by atoms with E-state index in [4.69, 9.17) is 61.6 Å². The molecule has 0 amide bonds. The average Bonchev–Trinajstić information content (AvgIpc) is 3.43. The fraction of sp³-hybridized carbons (Fsp3) is 1.00. The zero-order chi connectivity index (χ0) is 58.9. The van der Waals surface area contributed by atoms with Gasteiger partial charge in [-0.15, -0.1) is 0 Å². The van der Waals surface area contributed by atoms with Crippen LogP contribution in [-0.2, 0) is 61.6 Å². The molecule has 0 bridgehead atoms. The number of aliphatic hydroxyl groups is 22. The Morgan fingerprint density at radius 1 is 0.263 bits per heavy atom. The van der Waals surface area contributed by atoms with E-state index in [1.165, 1.54) is 0 Å². The lowest BCUT2D eigenvalue weighted by molar-refractivity contribution is -0.399. The molecule has 0 radical (unpaired) electrons. The first-order valence-corrected chi connectivity index (χ1v) is 25.9. The lowest BCUT2D eigenvalue weighted by Gasteiger charge is -2.50. The summed E-state index contributed by atoms with van der Waals surface area (Å²) in [5, 5.41) is 238. The first kappa shape index (κ1) is 66.1. The van der Waals surface area contributed by atoms with E-state index in [0.29, 0.717) is 0 Å². The number of hydrogen-bond donors (Lipinski definition) is 22. The van der Waals surface area contributed by atoms with E-state index in [2.05, 4.69) is 0 Å². The Morgan fingerprint density at radius 3 is 0.812 bits per heavy atom. The summed E-state index contributed by atoms with van der Waals surface area (Å²) in [4.78, 5) is 0. The van der Waals surface area contributed by atoms with Crippen molar-refractivity contribution in [3.63, 3.8) is 0 Å². The predicted octanol–water partition coefficient (Wildman–Crippen LogP) is -14.6. The lowest BCUT2D eigenvalue weighted by Crippen LogP contribution is -2.69. The minimum Gasteiger partial charge on any atom is -0.394 e. The Morgan fingerprint density at radius 2 is 0.500 bits per heavy atom. The summed E-state index contributed by atoms with van der Waals surface area (Å²) in [6.45, 7) is -3.32. The molecule has 80 heavy (non-hydrogen) atoms. The summed E-state index contributed by atoms with van der Waals surface area (Å²) in [5.41, 5.74) is 0. The quantitative estimate of drug-likeness (QED) is 0.0538. The Hall–Kier alpha value is -1.40. The van der Waals surface area contributed by atoms with Crippen molar-refractivity contribution >= 4 is 0 Å². The molecule has 7 heterocycles. The van der Waals surface area contributed by atoms with Crippen LogP contribution in [0.4, 0.5) is 0 Å². The summed E-state index contributed by atoms with van der Waals surface area (Å²) >= 11 is 0. The van der Waals surface area contributed by atoms with Gasteiger partial charge in [-0.2, -0.15) is 0 Å². The van der Waals surface area contributed by atoms with Gasteiger partial charge in [-0.25, -0.2) is 0 Å². The molecular formula is C45H78O35. The Bertz CT molecular complexity index is 1870. The van der Waals surface area contributed by atoms with E-state index in [-0.39, 0.29) is 0 Å². The van der Waals surface area contributed by atoms with Crippen molar-refractivity contribution in [1.82, 2.24) is 0 Å². The zero-order valence-corrected chi connectivity index (χ0v) is 42.9. The Balaban J connectivity index is 1.14. The number of aliphatic hydroxyl groups excluding tert-OH is 22. The summed E-state index contributed by atoms with van der Waals surface area (Å²) < 4.78 is 73.8. The number of ether oxygens (including phenoxy) is 13. The van der Waals surface area contributed by atoms with Gasteiger partial charge in [0.1, 0.15) is 171 Å². The normalized spacial score (nSPS) is 52.5. The summed E-state index contributed by atoms with van der Waals surface area (Å²) in [6.07, 6.45) is -67.8. The first-order valence-electron chi connectivity index (χ1n) is 25.9. The molecule has 35 nitrogen and oxygen atoms in total. The highest BCUT2D eigenvalue weighted by atomic mass is 16.8. The maximum absolute atomic E-state index is 12.0. The molecule has 7 aliphatic rings. The number of rotatable bonds is 20. The molecule has 0 saturated carbocycles. The van der Waals surface area contributed by atoms with Crippen LogP contribution in [-0.4, -0.2) is 373 Å². The van der Waals surface area contributed by atoms with Crippen LogP contribution in [0.25, 0.3) is 0 Å². The highest BCUT2D eigenvalue weighted by Gasteiger charge is 2.58. The van der Waals surface area contributed by atoms with Gasteiger partial charge in [0.05, 0.1) is 52.4 Å². The molecule has 0 aromatic heterocycles. The maximum Gasteiger partial charge on any atom is 0.187 e. The standard InChI is InChI=1S/C45H78O35/c1-10(2)34-29(63)35(20(54)13(5-48)69-34)76-42-31(65)37(22(56)15(7-50)72-42)78-43-32(66)38(23(57)16(8-51)73-43)79-45-33(67)39(24(58)17(75-45)9-68-40-27(61)25(59)18(52)11(3-46)70-40)80-44-30(64)36(21(55)14(6-49)74-44)77-41-28(62)26(60)19(53)12(4-47)71-41/h10-67H,3-9H2,1-2H3. The third-order valence-electron chi connectivity index (χ3n) is 15.2. The Labute approximate surface area is 454 Å².